The van der Waals surface area contributed by atoms with Crippen LogP contribution in [0.3, 0.4) is 0 Å². The van der Waals surface area contributed by atoms with Crippen molar-refractivity contribution in [3.05, 3.63) is 24.3 Å². The fourth-order valence-electron chi connectivity index (χ4n) is 1.50. The number of aliphatic imine (C=N–C) groups is 1. The monoisotopic (exact) mass is 203 g/mol. The Kier molecular flexibility index (Phi) is 2.37. The molecule has 1 heterocycles. The molecule has 0 aliphatic heterocycles. The van der Waals surface area contributed by atoms with E-state index in [1.54, 1.807) is 11.7 Å². The van der Waals surface area contributed by atoms with Crippen molar-refractivity contribution >= 4 is 17.0 Å². The van der Waals surface area contributed by atoms with E-state index in [0.717, 1.165) is 17.0 Å². The zero-order valence-electron chi connectivity index (χ0n) is 9.05. The van der Waals surface area contributed by atoms with Gasteiger partial charge >= 0.3 is 0 Å². The first-order chi connectivity index (χ1) is 7.24. The third-order valence-corrected chi connectivity index (χ3v) is 2.14. The Morgan fingerprint density at radius 3 is 2.73 bits per heavy atom. The molecule has 5 nitrogen and oxygen atoms in total. The van der Waals surface area contributed by atoms with Crippen molar-refractivity contribution in [3.8, 4) is 0 Å². The van der Waals surface area contributed by atoms with E-state index in [1.165, 1.54) is 0 Å². The Hall–Kier alpha value is -1.91. The molecule has 0 aliphatic carbocycles. The van der Waals surface area contributed by atoms with Gasteiger partial charge in [-0.15, -0.1) is 5.10 Å². The molecule has 0 radical (unpaired) electrons. The van der Waals surface area contributed by atoms with Crippen LogP contribution in [0, 0.1) is 0 Å². The minimum absolute atomic E-state index is 0.767. The molecule has 0 spiro atoms. The maximum Gasteiger partial charge on any atom is 0.223 e. The zero-order valence-corrected chi connectivity index (χ0v) is 9.05. The van der Waals surface area contributed by atoms with Gasteiger partial charge in [0, 0.05) is 21.1 Å². The highest BCUT2D eigenvalue weighted by Gasteiger charge is 2.10. The first kappa shape index (κ1) is 9.64. The van der Waals surface area contributed by atoms with E-state index in [9.17, 15) is 0 Å². The van der Waals surface area contributed by atoms with Gasteiger partial charge in [-0.05, 0) is 12.1 Å². The smallest absolute Gasteiger partial charge is 0.223 e. The summed E-state index contributed by atoms with van der Waals surface area (Å²) in [6.45, 7) is 0. The molecule has 0 unspecified atom stereocenters. The van der Waals surface area contributed by atoms with E-state index in [0.29, 0.717) is 0 Å². The van der Waals surface area contributed by atoms with Gasteiger partial charge in [0.1, 0.15) is 5.52 Å². The summed E-state index contributed by atoms with van der Waals surface area (Å²) in [4.78, 5) is 6.09. The summed E-state index contributed by atoms with van der Waals surface area (Å²) >= 11 is 0. The average molecular weight is 203 g/mol. The lowest BCUT2D eigenvalue weighted by molar-refractivity contribution is 0.579. The first-order valence-electron chi connectivity index (χ1n) is 4.69. The molecular formula is C10H13N5. The fourth-order valence-corrected chi connectivity index (χ4v) is 1.50. The van der Waals surface area contributed by atoms with Crippen molar-refractivity contribution in [2.45, 2.75) is 0 Å². The van der Waals surface area contributed by atoms with Crippen molar-refractivity contribution in [2.24, 2.45) is 4.99 Å². The number of aromatic nitrogens is 3. The minimum Gasteiger partial charge on any atom is -0.347 e. The second-order valence-electron chi connectivity index (χ2n) is 3.41. The molecule has 5 heteroatoms. The Labute approximate surface area is 88.0 Å². The van der Waals surface area contributed by atoms with E-state index in [4.69, 9.17) is 0 Å². The summed E-state index contributed by atoms with van der Waals surface area (Å²) in [7, 11) is 5.60. The van der Waals surface area contributed by atoms with Crippen LogP contribution in [0.2, 0.25) is 0 Å². The van der Waals surface area contributed by atoms with Gasteiger partial charge in [0.15, 0.2) is 0 Å². The third-order valence-electron chi connectivity index (χ3n) is 2.14. The molecule has 2 aromatic rings. The molecule has 15 heavy (non-hydrogen) atoms. The number of nitrogens with zero attached hydrogens (tertiary/aromatic N) is 5. The van der Waals surface area contributed by atoms with Crippen LogP contribution in [-0.2, 0) is 0 Å². The summed E-state index contributed by atoms with van der Waals surface area (Å²) < 4.78 is 1.73. The minimum atomic E-state index is 0.767. The van der Waals surface area contributed by atoms with Crippen LogP contribution in [-0.4, -0.2) is 47.0 Å². The van der Waals surface area contributed by atoms with Crippen molar-refractivity contribution < 1.29 is 0 Å². The number of hydrogen-bond acceptors (Lipinski definition) is 3. The van der Waals surface area contributed by atoms with Gasteiger partial charge in [-0.2, -0.15) is 4.68 Å². The van der Waals surface area contributed by atoms with Gasteiger partial charge in [0.25, 0.3) is 0 Å². The topological polar surface area (TPSA) is 46.3 Å². The van der Waals surface area contributed by atoms with Crippen LogP contribution >= 0.6 is 0 Å². The SMILES string of the molecule is CN=C(N(C)C)n1nnc2ccccc21. The maximum atomic E-state index is 4.18. The van der Waals surface area contributed by atoms with Crippen molar-refractivity contribution in [3.63, 3.8) is 0 Å². The highest BCUT2D eigenvalue weighted by atomic mass is 15.5. The number of rotatable bonds is 0. The molecule has 0 fully saturated rings. The van der Waals surface area contributed by atoms with E-state index in [1.807, 2.05) is 43.3 Å². The summed E-state index contributed by atoms with van der Waals surface area (Å²) in [5.74, 6) is 0.767. The van der Waals surface area contributed by atoms with Crippen LogP contribution < -0.4 is 0 Å². The van der Waals surface area contributed by atoms with Crippen LogP contribution in [0.1, 0.15) is 0 Å². The molecule has 0 aliphatic rings. The van der Waals surface area contributed by atoms with E-state index >= 15 is 0 Å². The van der Waals surface area contributed by atoms with Crippen molar-refractivity contribution in [1.82, 2.24) is 19.9 Å². The molecular weight excluding hydrogens is 190 g/mol. The Morgan fingerprint density at radius 2 is 2.07 bits per heavy atom. The molecule has 1 aromatic heterocycles. The van der Waals surface area contributed by atoms with Crippen LogP contribution in [0.15, 0.2) is 29.3 Å². The standard InChI is InChI=1S/C10H13N5/c1-11-10(14(2)3)15-9-7-5-4-6-8(9)12-13-15/h4-7H,1-3H3. The molecule has 0 saturated carbocycles. The van der Waals surface area contributed by atoms with Crippen molar-refractivity contribution in [1.29, 1.82) is 0 Å². The third kappa shape index (κ3) is 1.56. The lowest BCUT2D eigenvalue weighted by Crippen LogP contribution is -2.30. The number of hydrogen-bond donors (Lipinski definition) is 0. The van der Waals surface area contributed by atoms with E-state index < -0.39 is 0 Å². The number of para-hydroxylation sites is 1. The van der Waals surface area contributed by atoms with Crippen molar-refractivity contribution in [2.75, 3.05) is 21.1 Å². The molecule has 0 atom stereocenters. The zero-order chi connectivity index (χ0) is 10.8. The van der Waals surface area contributed by atoms with Crippen LogP contribution in [0.4, 0.5) is 0 Å². The molecule has 0 N–H and O–H groups in total. The van der Waals surface area contributed by atoms with Crippen LogP contribution in [0.25, 0.3) is 11.0 Å². The van der Waals surface area contributed by atoms with E-state index in [2.05, 4.69) is 15.3 Å². The first-order valence-corrected chi connectivity index (χ1v) is 4.69. The Morgan fingerprint density at radius 1 is 1.33 bits per heavy atom. The highest BCUT2D eigenvalue weighted by Crippen LogP contribution is 2.09. The Balaban J connectivity index is 2.62. The fraction of sp³-hybridized carbons (Fsp3) is 0.300. The maximum absolute atomic E-state index is 4.18. The number of fused-ring (bicyclic) bond motifs is 1. The summed E-state index contributed by atoms with van der Waals surface area (Å²) in [6, 6.07) is 7.82. The van der Waals surface area contributed by atoms with Crippen LogP contribution in [0.5, 0.6) is 0 Å². The lowest BCUT2D eigenvalue weighted by Gasteiger charge is -2.14. The van der Waals surface area contributed by atoms with Gasteiger partial charge < -0.3 is 4.90 Å². The predicted molar refractivity (Wildman–Crippen MR) is 60.0 cm³/mol. The summed E-state index contributed by atoms with van der Waals surface area (Å²) in [5.41, 5.74) is 1.84. The lowest BCUT2D eigenvalue weighted by atomic mass is 10.3. The quantitative estimate of drug-likeness (QED) is 0.470. The Bertz CT molecular complexity index is 497. The van der Waals surface area contributed by atoms with Gasteiger partial charge in [0.2, 0.25) is 5.96 Å². The normalized spacial score (nSPS) is 12.1. The summed E-state index contributed by atoms with van der Waals surface area (Å²) in [6.07, 6.45) is 0. The highest BCUT2D eigenvalue weighted by molar-refractivity contribution is 5.90. The van der Waals surface area contributed by atoms with E-state index in [-0.39, 0.29) is 0 Å². The second kappa shape index (κ2) is 3.68. The molecule has 0 saturated heterocycles. The van der Waals surface area contributed by atoms with Gasteiger partial charge in [0.05, 0.1) is 5.52 Å². The molecule has 2 rings (SSSR count). The van der Waals surface area contributed by atoms with Gasteiger partial charge in [-0.1, -0.05) is 17.3 Å². The van der Waals surface area contributed by atoms with Gasteiger partial charge in [-0.25, -0.2) is 0 Å². The van der Waals surface area contributed by atoms with Gasteiger partial charge in [-0.3, -0.25) is 4.99 Å². The largest absolute Gasteiger partial charge is 0.347 e. The predicted octanol–water partition coefficient (Wildman–Crippen LogP) is 0.827. The second-order valence-corrected chi connectivity index (χ2v) is 3.41. The molecule has 78 valence electrons. The average Bonchev–Trinajstić information content (AvgIpc) is 2.63. The molecule has 0 amide bonds. The summed E-state index contributed by atoms with van der Waals surface area (Å²) in [5, 5.41) is 8.16. The molecule has 1 aromatic carbocycles. The molecule has 0 bridgehead atoms. The number of benzene rings is 1.